The number of amides is 5. The zero-order valence-corrected chi connectivity index (χ0v) is 44.7. The van der Waals surface area contributed by atoms with Crippen molar-refractivity contribution in [1.82, 2.24) is 35.5 Å². The molecule has 5 heterocycles. The van der Waals surface area contributed by atoms with Gasteiger partial charge in [0.15, 0.2) is 4.77 Å². The standard InChI is InChI=1S/C56H65N9O11S/c1-6-9-13-25-73-37-22-23-43-39(26-37)38(7-2)40-30-65-45(48(40)62-43)27-42-41(51(65)69)32-74-52(70)56(42,8-3)76-55(72)75-31-34-18-20-36(21-19-34)61-49(67)44(16-14-24-58-53(57)71)63-50(68)47(33(4)5)64-46(66)17-12-10-11-15-35-28-59-54(77)60-29-35/h18-23,26-29,33,44,47H,6-10,12-14,16-17,24-25,30-32H2,1-5H3,(H,61,67)(H,63,68)(H,64,66)(H3,57,58,71)(H,59,60,77)/t44-,47+,56-/m0/s1. The van der Waals surface area contributed by atoms with Crippen LogP contribution < -0.4 is 37.3 Å². The van der Waals surface area contributed by atoms with E-state index in [4.69, 9.17) is 41.9 Å². The molecule has 2 aromatic carbocycles. The third kappa shape index (κ3) is 13.8. The molecule has 21 heteroatoms. The third-order valence-electron chi connectivity index (χ3n) is 13.4. The molecule has 0 fully saturated rings. The van der Waals surface area contributed by atoms with Crippen LogP contribution in [-0.4, -0.2) is 80.6 Å². The molecule has 0 saturated heterocycles. The van der Waals surface area contributed by atoms with Gasteiger partial charge < -0.3 is 55.5 Å². The molecular weight excluding hydrogens is 1010 g/mol. The van der Waals surface area contributed by atoms with Crippen LogP contribution in [0.4, 0.5) is 15.3 Å². The molecule has 7 N–H and O–H groups in total. The number of benzene rings is 2. The first kappa shape index (κ1) is 56.6. The fraction of sp³-hybridized carbons (Fsp3) is 0.429. The maximum absolute atomic E-state index is 14.3. The highest BCUT2D eigenvalue weighted by Gasteiger charge is 2.51. The molecule has 0 spiro atoms. The van der Waals surface area contributed by atoms with Crippen LogP contribution in [0.2, 0.25) is 0 Å². The predicted molar refractivity (Wildman–Crippen MR) is 289 cm³/mol. The second kappa shape index (κ2) is 26.1. The number of aryl methyl sites for hydroxylation is 1. The summed E-state index contributed by atoms with van der Waals surface area (Å²) < 4.78 is 25.0. The minimum atomic E-state index is -2.00. The van der Waals surface area contributed by atoms with Crippen molar-refractivity contribution in [3.05, 3.63) is 109 Å². The summed E-state index contributed by atoms with van der Waals surface area (Å²) in [7, 11) is 0. The van der Waals surface area contributed by atoms with Gasteiger partial charge in [0, 0.05) is 54.0 Å². The molecule has 5 amide bonds. The van der Waals surface area contributed by atoms with E-state index in [-0.39, 0.29) is 80.5 Å². The summed E-state index contributed by atoms with van der Waals surface area (Å²) in [6, 6.07) is 11.1. The molecule has 20 nitrogen and oxygen atoms in total. The molecule has 2 aliphatic heterocycles. The summed E-state index contributed by atoms with van der Waals surface area (Å²) in [5, 5.41) is 11.8. The van der Waals surface area contributed by atoms with Gasteiger partial charge in [0.2, 0.25) is 23.3 Å². The van der Waals surface area contributed by atoms with Crippen LogP contribution in [0.15, 0.2) is 65.7 Å². The van der Waals surface area contributed by atoms with Crippen molar-refractivity contribution in [3.63, 3.8) is 0 Å². The fourth-order valence-corrected chi connectivity index (χ4v) is 9.41. The van der Waals surface area contributed by atoms with Crippen molar-refractivity contribution >= 4 is 64.7 Å². The number of primary amides is 1. The number of nitrogens with one attached hydrogen (secondary N) is 5. The van der Waals surface area contributed by atoms with Gasteiger partial charge in [-0.3, -0.25) is 19.2 Å². The van der Waals surface area contributed by atoms with Crippen LogP contribution in [0.25, 0.3) is 22.3 Å². The van der Waals surface area contributed by atoms with Crippen molar-refractivity contribution in [2.24, 2.45) is 11.7 Å². The monoisotopic (exact) mass is 1070 g/mol. The van der Waals surface area contributed by atoms with Crippen molar-refractivity contribution in [3.8, 4) is 29.0 Å². The molecular formula is C56H65N9O11S. The maximum Gasteiger partial charge on any atom is 0.510 e. The summed E-state index contributed by atoms with van der Waals surface area (Å²) in [4.78, 5) is 105. The Morgan fingerprint density at radius 3 is 2.47 bits per heavy atom. The van der Waals surface area contributed by atoms with Crippen molar-refractivity contribution in [1.29, 1.82) is 0 Å². The van der Waals surface area contributed by atoms with Crippen LogP contribution in [0.3, 0.4) is 0 Å². The zero-order valence-electron chi connectivity index (χ0n) is 43.9. The number of nitrogens with two attached hydrogens (primary N) is 1. The van der Waals surface area contributed by atoms with E-state index in [0.717, 1.165) is 47.0 Å². The number of aromatic amines is 1. The van der Waals surface area contributed by atoms with Crippen molar-refractivity contribution < 1.29 is 47.7 Å². The third-order valence-corrected chi connectivity index (χ3v) is 13.7. The Labute approximate surface area is 451 Å². The first-order valence-electron chi connectivity index (χ1n) is 26.0. The number of ether oxygens (including phenoxy) is 4. The first-order valence-corrected chi connectivity index (χ1v) is 26.4. The molecule has 406 valence electrons. The van der Waals surface area contributed by atoms with Gasteiger partial charge in [-0.25, -0.2) is 24.4 Å². The van der Waals surface area contributed by atoms with Gasteiger partial charge in [0.25, 0.3) is 5.56 Å². The summed E-state index contributed by atoms with van der Waals surface area (Å²) in [6.07, 6.45) is 7.11. The maximum atomic E-state index is 14.3. The number of unbranched alkanes of at least 4 members (excludes halogenated alkanes) is 3. The Bertz CT molecular complexity index is 3200. The quantitative estimate of drug-likeness (QED) is 0.0160. The van der Waals surface area contributed by atoms with E-state index in [1.807, 2.05) is 18.2 Å². The number of urea groups is 1. The van der Waals surface area contributed by atoms with E-state index in [2.05, 4.69) is 56.9 Å². The zero-order chi connectivity index (χ0) is 55.2. The number of esters is 1. The Hall–Kier alpha value is -8.12. The topological polar surface area (TPSA) is 277 Å². The number of carbonyl (C=O) groups excluding carboxylic acids is 6. The minimum absolute atomic E-state index is 0.0678. The SMILES string of the molecule is CCCCCOc1ccc2nc3c(c(CC)c2c1)Cn1c-3cc2c(c1=O)COC(=O)[C@@]2(CC)OC(=O)OCc1ccc(NC(=O)[C@H](CCCNC(N)=O)NC(=O)[C@H](NC(=O)CCCC#Cc2cnc(=S)[nH]c2)C(C)C)cc1. The van der Waals surface area contributed by atoms with Crippen LogP contribution in [-0.2, 0) is 65.2 Å². The van der Waals surface area contributed by atoms with Crippen molar-refractivity contribution in [2.75, 3.05) is 18.5 Å². The van der Waals surface area contributed by atoms with E-state index in [1.54, 1.807) is 68.1 Å². The van der Waals surface area contributed by atoms with Gasteiger partial charge in [-0.1, -0.05) is 71.4 Å². The van der Waals surface area contributed by atoms with Gasteiger partial charge in [-0.15, -0.1) is 0 Å². The normalized spacial score (nSPS) is 14.9. The number of carbonyl (C=O) groups is 6. The van der Waals surface area contributed by atoms with Crippen LogP contribution in [0.1, 0.15) is 126 Å². The Morgan fingerprint density at radius 2 is 1.77 bits per heavy atom. The molecule has 3 aromatic heterocycles. The van der Waals surface area contributed by atoms with Gasteiger partial charge in [-0.05, 0) is 104 Å². The van der Waals surface area contributed by atoms with E-state index in [1.165, 1.54) is 0 Å². The second-order valence-electron chi connectivity index (χ2n) is 19.1. The number of fused-ring (bicyclic) bond motifs is 5. The summed E-state index contributed by atoms with van der Waals surface area (Å²) in [5.74, 6) is 4.00. The average Bonchev–Trinajstić information content (AvgIpc) is 3.90. The van der Waals surface area contributed by atoms with Gasteiger partial charge in [0.05, 0.1) is 41.2 Å². The Balaban J connectivity index is 0.987. The van der Waals surface area contributed by atoms with Crippen LogP contribution in [0, 0.1) is 22.5 Å². The molecule has 7 rings (SSSR count). The molecule has 0 saturated carbocycles. The lowest BCUT2D eigenvalue weighted by atomic mass is 9.85. The largest absolute Gasteiger partial charge is 0.510 e. The van der Waals surface area contributed by atoms with E-state index in [9.17, 15) is 33.6 Å². The molecule has 5 aromatic rings. The molecule has 0 bridgehead atoms. The van der Waals surface area contributed by atoms with E-state index >= 15 is 0 Å². The molecule has 0 aliphatic carbocycles. The molecule has 0 radical (unpaired) electrons. The lowest BCUT2D eigenvalue weighted by molar-refractivity contribution is -0.175. The predicted octanol–water partition coefficient (Wildman–Crippen LogP) is 7.26. The van der Waals surface area contributed by atoms with Gasteiger partial charge >= 0.3 is 18.2 Å². The number of rotatable bonds is 23. The lowest BCUT2D eigenvalue weighted by Gasteiger charge is -2.35. The number of hydrogen-bond acceptors (Lipinski definition) is 14. The Kier molecular flexibility index (Phi) is 19.2. The number of cyclic esters (lactones) is 1. The molecule has 77 heavy (non-hydrogen) atoms. The number of H-pyrrole nitrogens is 1. The molecule has 0 unspecified atom stereocenters. The minimum Gasteiger partial charge on any atom is -0.494 e. The van der Waals surface area contributed by atoms with E-state index < -0.39 is 47.7 Å². The fourth-order valence-electron chi connectivity index (χ4n) is 9.30. The number of hydrogen-bond donors (Lipinski definition) is 6. The second-order valence-corrected chi connectivity index (χ2v) is 19.5. The average molecular weight is 1070 g/mol. The van der Waals surface area contributed by atoms with Gasteiger partial charge in [-0.2, -0.15) is 0 Å². The highest BCUT2D eigenvalue weighted by atomic mass is 32.1. The summed E-state index contributed by atoms with van der Waals surface area (Å²) in [5.41, 5.74) is 8.49. The van der Waals surface area contributed by atoms with Gasteiger partial charge in [0.1, 0.15) is 31.0 Å². The number of aromatic nitrogens is 4. The summed E-state index contributed by atoms with van der Waals surface area (Å²) in [6.45, 7) is 9.80. The number of nitrogens with zero attached hydrogens (tertiary/aromatic N) is 3. The smallest absolute Gasteiger partial charge is 0.494 e. The first-order chi connectivity index (χ1) is 37.0. The Morgan fingerprint density at radius 1 is 0.974 bits per heavy atom. The lowest BCUT2D eigenvalue weighted by Crippen LogP contribution is -2.54. The highest BCUT2D eigenvalue weighted by molar-refractivity contribution is 7.71. The highest BCUT2D eigenvalue weighted by Crippen LogP contribution is 2.42. The molecule has 3 atom stereocenters. The van der Waals surface area contributed by atoms with Crippen LogP contribution in [0.5, 0.6) is 5.75 Å². The van der Waals surface area contributed by atoms with Crippen LogP contribution >= 0.6 is 12.2 Å². The number of pyridine rings is 2. The van der Waals surface area contributed by atoms with Crippen molar-refractivity contribution in [2.45, 2.75) is 136 Å². The van der Waals surface area contributed by atoms with E-state index in [0.29, 0.717) is 58.8 Å². The molecule has 2 aliphatic rings. The number of anilines is 1. The summed E-state index contributed by atoms with van der Waals surface area (Å²) >= 11 is 4.94.